The maximum Gasteiger partial charge on any atom is 0.416 e. The van der Waals surface area contributed by atoms with Crippen LogP contribution in [0.3, 0.4) is 0 Å². The molecule has 0 bridgehead atoms. The third kappa shape index (κ3) is 4.28. The van der Waals surface area contributed by atoms with Crippen LogP contribution >= 0.6 is 0 Å². The summed E-state index contributed by atoms with van der Waals surface area (Å²) in [5.41, 5.74) is -0.965. The molecule has 1 aromatic rings. The summed E-state index contributed by atoms with van der Waals surface area (Å²) in [6, 6.07) is 4.02. The zero-order valence-electron chi connectivity index (χ0n) is 8.86. The van der Waals surface area contributed by atoms with Gasteiger partial charge in [-0.3, -0.25) is 4.79 Å². The predicted molar refractivity (Wildman–Crippen MR) is 56.8 cm³/mol. The number of amides is 1. The van der Waals surface area contributed by atoms with Crippen molar-refractivity contribution in [1.82, 2.24) is 0 Å². The highest BCUT2D eigenvalue weighted by Crippen LogP contribution is 2.30. The van der Waals surface area contributed by atoms with E-state index in [1.165, 1.54) is 6.07 Å². The van der Waals surface area contributed by atoms with E-state index < -0.39 is 23.6 Å². The molecule has 1 rings (SSSR count). The summed E-state index contributed by atoms with van der Waals surface area (Å²) in [4.78, 5) is 21.3. The van der Waals surface area contributed by atoms with Gasteiger partial charge in [-0.1, -0.05) is 6.07 Å². The number of halogens is 3. The minimum atomic E-state index is -4.50. The van der Waals surface area contributed by atoms with Gasteiger partial charge in [0.2, 0.25) is 5.91 Å². The van der Waals surface area contributed by atoms with Crippen LogP contribution in [0.4, 0.5) is 18.9 Å². The van der Waals surface area contributed by atoms with Crippen molar-refractivity contribution in [3.63, 3.8) is 0 Å². The maximum atomic E-state index is 12.4. The Morgan fingerprint density at radius 1 is 1.22 bits per heavy atom. The third-order valence-electron chi connectivity index (χ3n) is 1.83. The van der Waals surface area contributed by atoms with Gasteiger partial charge in [0.1, 0.15) is 0 Å². The number of aliphatic carboxylic acids is 1. The first kappa shape index (κ1) is 13.8. The second kappa shape index (κ2) is 5.35. The van der Waals surface area contributed by atoms with E-state index in [0.717, 1.165) is 18.2 Å². The Bertz CT molecular complexity index is 495. The van der Waals surface area contributed by atoms with Crippen LogP contribution in [0.2, 0.25) is 0 Å². The van der Waals surface area contributed by atoms with Gasteiger partial charge >= 0.3 is 12.1 Å². The molecule has 0 heterocycles. The van der Waals surface area contributed by atoms with Crippen molar-refractivity contribution in [2.75, 3.05) is 5.32 Å². The first-order valence-corrected chi connectivity index (χ1v) is 4.68. The van der Waals surface area contributed by atoms with Gasteiger partial charge in [0.15, 0.2) is 0 Å². The highest BCUT2D eigenvalue weighted by atomic mass is 19.4. The number of carbonyl (C=O) groups excluding carboxylic acids is 1. The lowest BCUT2D eigenvalue weighted by atomic mass is 10.2. The summed E-state index contributed by atoms with van der Waals surface area (Å²) in [5.74, 6) is -2.15. The fourth-order valence-electron chi connectivity index (χ4n) is 1.10. The number of carboxylic acids is 1. The number of carbonyl (C=O) groups is 2. The summed E-state index contributed by atoms with van der Waals surface area (Å²) in [7, 11) is 0. The van der Waals surface area contributed by atoms with Gasteiger partial charge in [0.05, 0.1) is 5.56 Å². The molecular formula is C11H8F3NO3. The fourth-order valence-corrected chi connectivity index (χ4v) is 1.10. The second-order valence-corrected chi connectivity index (χ2v) is 3.24. The lowest BCUT2D eigenvalue weighted by molar-refractivity contribution is -0.137. The molecular weight excluding hydrogens is 251 g/mol. The van der Waals surface area contributed by atoms with Crippen molar-refractivity contribution in [2.45, 2.75) is 6.18 Å². The average Bonchev–Trinajstić information content (AvgIpc) is 2.25. The molecule has 0 spiro atoms. The summed E-state index contributed by atoms with van der Waals surface area (Å²) in [5, 5.41) is 10.4. The van der Waals surface area contributed by atoms with Crippen LogP contribution in [-0.2, 0) is 15.8 Å². The van der Waals surface area contributed by atoms with Crippen LogP contribution in [0.15, 0.2) is 36.4 Å². The van der Waals surface area contributed by atoms with Crippen molar-refractivity contribution in [2.24, 2.45) is 0 Å². The summed E-state index contributed by atoms with van der Waals surface area (Å²) >= 11 is 0. The highest BCUT2D eigenvalue weighted by Gasteiger charge is 2.30. The van der Waals surface area contributed by atoms with Crippen LogP contribution in [-0.4, -0.2) is 17.0 Å². The normalized spacial score (nSPS) is 11.5. The predicted octanol–water partition coefficient (Wildman–Crippen LogP) is 2.28. The zero-order valence-corrected chi connectivity index (χ0v) is 8.86. The Kier molecular flexibility index (Phi) is 4.09. The second-order valence-electron chi connectivity index (χ2n) is 3.24. The van der Waals surface area contributed by atoms with Gasteiger partial charge in [-0.2, -0.15) is 13.2 Å². The number of benzene rings is 1. The van der Waals surface area contributed by atoms with Gasteiger partial charge < -0.3 is 10.4 Å². The van der Waals surface area contributed by atoms with Gasteiger partial charge in [0.25, 0.3) is 0 Å². The quantitative estimate of drug-likeness (QED) is 0.818. The zero-order chi connectivity index (χ0) is 13.8. The SMILES string of the molecule is O=C(O)C=CC(=O)Nc1cccc(C(F)(F)F)c1. The molecule has 0 unspecified atom stereocenters. The van der Waals surface area contributed by atoms with Crippen LogP contribution < -0.4 is 5.32 Å². The Hall–Kier alpha value is -2.31. The van der Waals surface area contributed by atoms with Crippen molar-refractivity contribution < 1.29 is 27.9 Å². The molecule has 4 nitrogen and oxygen atoms in total. The lowest BCUT2D eigenvalue weighted by Gasteiger charge is -2.08. The molecule has 0 atom stereocenters. The molecule has 1 amide bonds. The van der Waals surface area contributed by atoms with Crippen molar-refractivity contribution >= 4 is 17.6 Å². The largest absolute Gasteiger partial charge is 0.478 e. The molecule has 1 aromatic carbocycles. The monoisotopic (exact) mass is 259 g/mol. The van der Waals surface area contributed by atoms with Crippen LogP contribution in [0.5, 0.6) is 0 Å². The van der Waals surface area contributed by atoms with E-state index in [1.54, 1.807) is 0 Å². The van der Waals surface area contributed by atoms with Crippen molar-refractivity contribution in [1.29, 1.82) is 0 Å². The molecule has 0 aliphatic heterocycles. The Morgan fingerprint density at radius 3 is 2.44 bits per heavy atom. The number of anilines is 1. The Balaban J connectivity index is 2.80. The lowest BCUT2D eigenvalue weighted by Crippen LogP contribution is -2.10. The Morgan fingerprint density at radius 2 is 1.89 bits per heavy atom. The smallest absolute Gasteiger partial charge is 0.416 e. The summed E-state index contributed by atoms with van der Waals surface area (Å²) < 4.78 is 37.1. The highest BCUT2D eigenvalue weighted by molar-refractivity contribution is 6.02. The summed E-state index contributed by atoms with van der Waals surface area (Å²) in [6.45, 7) is 0. The number of nitrogens with one attached hydrogen (secondary N) is 1. The molecule has 2 N–H and O–H groups in total. The van der Waals surface area contributed by atoms with Gasteiger partial charge in [-0.15, -0.1) is 0 Å². The van der Waals surface area contributed by atoms with Gasteiger partial charge in [-0.05, 0) is 18.2 Å². The van der Waals surface area contributed by atoms with E-state index in [0.29, 0.717) is 12.2 Å². The van der Waals surface area contributed by atoms with Crippen molar-refractivity contribution in [3.05, 3.63) is 42.0 Å². The minimum absolute atomic E-state index is 0.0649. The standard InChI is InChI=1S/C11H8F3NO3/c12-11(13,14)7-2-1-3-8(6-7)15-9(16)4-5-10(17)18/h1-6H,(H,15,16)(H,17,18). The third-order valence-corrected chi connectivity index (χ3v) is 1.83. The Labute approximate surface area is 99.7 Å². The van der Waals surface area contributed by atoms with Crippen LogP contribution in [0.25, 0.3) is 0 Å². The summed E-state index contributed by atoms with van der Waals surface area (Å²) in [6.07, 6.45) is -3.21. The number of hydrogen-bond donors (Lipinski definition) is 2. The van der Waals surface area contributed by atoms with E-state index >= 15 is 0 Å². The maximum absolute atomic E-state index is 12.4. The molecule has 7 heteroatoms. The molecule has 0 aliphatic carbocycles. The molecule has 0 saturated heterocycles. The molecule has 18 heavy (non-hydrogen) atoms. The first-order valence-electron chi connectivity index (χ1n) is 4.68. The van der Waals surface area contributed by atoms with E-state index in [-0.39, 0.29) is 5.69 Å². The molecule has 0 aromatic heterocycles. The number of hydrogen-bond acceptors (Lipinski definition) is 2. The molecule has 0 radical (unpaired) electrons. The minimum Gasteiger partial charge on any atom is -0.478 e. The van der Waals surface area contributed by atoms with Crippen molar-refractivity contribution in [3.8, 4) is 0 Å². The molecule has 0 fully saturated rings. The molecule has 0 saturated carbocycles. The van der Waals surface area contributed by atoms with E-state index in [4.69, 9.17) is 5.11 Å². The van der Waals surface area contributed by atoms with Crippen LogP contribution in [0, 0.1) is 0 Å². The van der Waals surface area contributed by atoms with Crippen LogP contribution in [0.1, 0.15) is 5.56 Å². The average molecular weight is 259 g/mol. The fraction of sp³-hybridized carbons (Fsp3) is 0.0909. The topological polar surface area (TPSA) is 66.4 Å². The molecule has 0 aliphatic rings. The van der Waals surface area contributed by atoms with Gasteiger partial charge in [-0.25, -0.2) is 4.79 Å². The number of rotatable bonds is 3. The number of carboxylic acid groups (broad SMARTS) is 1. The molecule has 96 valence electrons. The first-order chi connectivity index (χ1) is 8.29. The van der Waals surface area contributed by atoms with E-state index in [9.17, 15) is 22.8 Å². The number of alkyl halides is 3. The van der Waals surface area contributed by atoms with E-state index in [2.05, 4.69) is 5.32 Å². The van der Waals surface area contributed by atoms with Gasteiger partial charge in [0, 0.05) is 17.8 Å². The van der Waals surface area contributed by atoms with E-state index in [1.807, 2.05) is 0 Å².